The van der Waals surface area contributed by atoms with Gasteiger partial charge in [0.15, 0.2) is 0 Å². The average molecular weight is 281 g/mol. The van der Waals surface area contributed by atoms with Gasteiger partial charge in [-0.25, -0.2) is 4.98 Å². The molecule has 5 nitrogen and oxygen atoms in total. The Kier molecular flexibility index (Phi) is 3.56. The van der Waals surface area contributed by atoms with Crippen LogP contribution in [0.2, 0.25) is 0 Å². The summed E-state index contributed by atoms with van der Waals surface area (Å²) in [6, 6.07) is 0.593. The third-order valence-electron chi connectivity index (χ3n) is 3.91. The van der Waals surface area contributed by atoms with Gasteiger partial charge >= 0.3 is 0 Å². The van der Waals surface area contributed by atoms with Gasteiger partial charge < -0.3 is 10.1 Å². The third kappa shape index (κ3) is 2.40. The number of carbonyl (C=O) groups is 1. The van der Waals surface area contributed by atoms with Crippen LogP contribution in [0.15, 0.2) is 0 Å². The number of nitrogens with one attached hydrogen (secondary N) is 1. The summed E-state index contributed by atoms with van der Waals surface area (Å²) >= 11 is 1.46. The first-order valence-corrected chi connectivity index (χ1v) is 7.55. The summed E-state index contributed by atoms with van der Waals surface area (Å²) in [4.78, 5) is 19.4. The Morgan fingerprint density at radius 2 is 2.42 bits per heavy atom. The number of thiazole rings is 1. The molecule has 3 heterocycles. The van der Waals surface area contributed by atoms with Crippen molar-refractivity contribution < 1.29 is 9.53 Å². The molecular weight excluding hydrogens is 262 g/mol. The fraction of sp³-hybridized carbons (Fsp3) is 0.692. The molecule has 3 rings (SSSR count). The van der Waals surface area contributed by atoms with E-state index in [1.54, 1.807) is 7.05 Å². The number of aromatic nitrogens is 1. The van der Waals surface area contributed by atoms with Gasteiger partial charge in [0.25, 0.3) is 5.91 Å². The van der Waals surface area contributed by atoms with Crippen LogP contribution in [0.4, 0.5) is 0 Å². The molecule has 0 unspecified atom stereocenters. The van der Waals surface area contributed by atoms with Crippen molar-refractivity contribution >= 4 is 17.2 Å². The van der Waals surface area contributed by atoms with E-state index in [0.29, 0.717) is 10.9 Å². The van der Waals surface area contributed by atoms with Crippen molar-refractivity contribution in [3.8, 4) is 0 Å². The van der Waals surface area contributed by atoms with Crippen LogP contribution in [0, 0.1) is 6.92 Å². The number of hydrogen-bond acceptors (Lipinski definition) is 5. The van der Waals surface area contributed by atoms with Gasteiger partial charge in [0.1, 0.15) is 16.0 Å². The highest BCUT2D eigenvalue weighted by Gasteiger charge is 2.34. The van der Waals surface area contributed by atoms with E-state index in [9.17, 15) is 4.79 Å². The van der Waals surface area contributed by atoms with Crippen molar-refractivity contribution in [2.45, 2.75) is 31.9 Å². The summed E-state index contributed by atoms with van der Waals surface area (Å²) in [5, 5.41) is 3.59. The van der Waals surface area contributed by atoms with Crippen LogP contribution in [0.3, 0.4) is 0 Å². The smallest absolute Gasteiger partial charge is 0.263 e. The topological polar surface area (TPSA) is 54.5 Å². The Labute approximate surface area is 117 Å². The molecule has 1 N–H and O–H groups in total. The Balaban J connectivity index is 1.77. The summed E-state index contributed by atoms with van der Waals surface area (Å²) in [7, 11) is 1.65. The maximum Gasteiger partial charge on any atom is 0.263 e. The largest absolute Gasteiger partial charge is 0.368 e. The lowest BCUT2D eigenvalue weighted by atomic mass is 10.2. The normalized spacial score (nSPS) is 27.3. The highest BCUT2D eigenvalue weighted by atomic mass is 32.1. The van der Waals surface area contributed by atoms with E-state index in [2.05, 4.69) is 15.2 Å². The molecule has 2 aliphatic rings. The van der Waals surface area contributed by atoms with Crippen molar-refractivity contribution in [2.75, 3.05) is 26.7 Å². The number of rotatable bonds is 2. The minimum Gasteiger partial charge on any atom is -0.368 e. The van der Waals surface area contributed by atoms with Crippen LogP contribution in [-0.2, 0) is 4.74 Å². The van der Waals surface area contributed by atoms with Crippen LogP contribution in [-0.4, -0.2) is 48.6 Å². The van der Waals surface area contributed by atoms with E-state index >= 15 is 0 Å². The maximum absolute atomic E-state index is 11.7. The predicted molar refractivity (Wildman–Crippen MR) is 73.5 cm³/mol. The van der Waals surface area contributed by atoms with E-state index in [-0.39, 0.29) is 12.0 Å². The Morgan fingerprint density at radius 1 is 1.58 bits per heavy atom. The van der Waals surface area contributed by atoms with E-state index in [0.717, 1.165) is 30.4 Å². The molecule has 2 aliphatic heterocycles. The van der Waals surface area contributed by atoms with Gasteiger partial charge in [-0.1, -0.05) is 0 Å². The second-order valence-electron chi connectivity index (χ2n) is 5.16. The number of nitrogens with zero attached hydrogens (tertiary/aromatic N) is 2. The number of ether oxygens (including phenoxy) is 1. The molecule has 1 aromatic rings. The summed E-state index contributed by atoms with van der Waals surface area (Å²) in [6.07, 6.45) is 2.53. The zero-order valence-corrected chi connectivity index (χ0v) is 12.1. The van der Waals surface area contributed by atoms with Crippen LogP contribution in [0.5, 0.6) is 0 Å². The molecule has 2 saturated heterocycles. The van der Waals surface area contributed by atoms with E-state index < -0.39 is 0 Å². The second kappa shape index (κ2) is 5.19. The average Bonchev–Trinajstić information content (AvgIpc) is 3.03. The van der Waals surface area contributed by atoms with Crippen molar-refractivity contribution in [1.29, 1.82) is 0 Å². The summed E-state index contributed by atoms with van der Waals surface area (Å²) in [5.74, 6) is -0.0592. The predicted octanol–water partition coefficient (Wildman–Crippen LogP) is 1.35. The number of fused-ring (bicyclic) bond motifs is 1. The molecule has 2 atom stereocenters. The molecule has 0 aliphatic carbocycles. The first-order valence-electron chi connectivity index (χ1n) is 6.74. The fourth-order valence-corrected chi connectivity index (χ4v) is 3.90. The third-order valence-corrected chi connectivity index (χ3v) is 5.16. The molecule has 19 heavy (non-hydrogen) atoms. The number of amides is 1. The van der Waals surface area contributed by atoms with Gasteiger partial charge in [0.2, 0.25) is 0 Å². The summed E-state index contributed by atoms with van der Waals surface area (Å²) < 4.78 is 5.93. The zero-order chi connectivity index (χ0) is 13.4. The highest BCUT2D eigenvalue weighted by molar-refractivity contribution is 7.13. The van der Waals surface area contributed by atoms with Crippen LogP contribution >= 0.6 is 11.3 Å². The summed E-state index contributed by atoms with van der Waals surface area (Å²) in [5.41, 5.74) is 0.798. The molecule has 6 heteroatoms. The number of aryl methyl sites for hydroxylation is 1. The molecule has 2 fully saturated rings. The molecule has 104 valence electrons. The lowest BCUT2D eigenvalue weighted by Crippen LogP contribution is -2.42. The fourth-order valence-electron chi connectivity index (χ4n) is 2.85. The molecule has 0 radical (unpaired) electrons. The lowest BCUT2D eigenvalue weighted by molar-refractivity contribution is -0.0502. The van der Waals surface area contributed by atoms with Crippen LogP contribution < -0.4 is 5.32 Å². The maximum atomic E-state index is 11.7. The first-order chi connectivity index (χ1) is 9.19. The lowest BCUT2D eigenvalue weighted by Gasteiger charge is -2.34. The molecule has 1 aromatic heterocycles. The number of hydrogen-bond donors (Lipinski definition) is 1. The SMILES string of the molecule is CNC(=O)c1sc([C@@H]2CN3CCC[C@H]3CO2)nc1C. The van der Waals surface area contributed by atoms with Crippen LogP contribution in [0.25, 0.3) is 0 Å². The summed E-state index contributed by atoms with van der Waals surface area (Å²) in [6.45, 7) is 4.74. The van der Waals surface area contributed by atoms with E-state index in [1.165, 1.54) is 24.2 Å². The highest BCUT2D eigenvalue weighted by Crippen LogP contribution is 2.33. The minimum atomic E-state index is -0.0592. The van der Waals surface area contributed by atoms with Gasteiger partial charge in [0, 0.05) is 19.6 Å². The monoisotopic (exact) mass is 281 g/mol. The first kappa shape index (κ1) is 13.0. The van der Waals surface area contributed by atoms with Crippen molar-refractivity contribution in [3.63, 3.8) is 0 Å². The van der Waals surface area contributed by atoms with Crippen molar-refractivity contribution in [2.24, 2.45) is 0 Å². The van der Waals surface area contributed by atoms with Gasteiger partial charge in [-0.05, 0) is 26.3 Å². The van der Waals surface area contributed by atoms with Gasteiger partial charge in [-0.2, -0.15) is 0 Å². The van der Waals surface area contributed by atoms with Gasteiger partial charge in [-0.3, -0.25) is 9.69 Å². The molecule has 0 bridgehead atoms. The Morgan fingerprint density at radius 3 is 3.21 bits per heavy atom. The Hall–Kier alpha value is -0.980. The number of morpholine rings is 1. The second-order valence-corrected chi connectivity index (χ2v) is 6.19. The standard InChI is InChI=1S/C13H19N3O2S/c1-8-11(12(17)14-2)19-13(15-8)10-6-16-5-3-4-9(16)7-18-10/h9-10H,3-7H2,1-2H3,(H,14,17)/t9-,10-/m0/s1. The van der Waals surface area contributed by atoms with E-state index in [1.807, 2.05) is 6.92 Å². The van der Waals surface area contributed by atoms with Gasteiger partial charge in [-0.15, -0.1) is 11.3 Å². The van der Waals surface area contributed by atoms with E-state index in [4.69, 9.17) is 4.74 Å². The van der Waals surface area contributed by atoms with Crippen molar-refractivity contribution in [1.82, 2.24) is 15.2 Å². The molecule has 0 saturated carbocycles. The molecule has 0 aromatic carbocycles. The molecule has 0 spiro atoms. The van der Waals surface area contributed by atoms with Crippen LogP contribution in [0.1, 0.15) is 39.3 Å². The molecule has 1 amide bonds. The van der Waals surface area contributed by atoms with Gasteiger partial charge in [0.05, 0.1) is 12.3 Å². The van der Waals surface area contributed by atoms with Crippen molar-refractivity contribution in [3.05, 3.63) is 15.6 Å². The zero-order valence-electron chi connectivity index (χ0n) is 11.3. The number of carbonyl (C=O) groups excluding carboxylic acids is 1. The molecular formula is C13H19N3O2S. The Bertz CT molecular complexity index is 488. The quantitative estimate of drug-likeness (QED) is 0.889. The minimum absolute atomic E-state index is 0.0245.